The van der Waals surface area contributed by atoms with Crippen LogP contribution in [-0.4, -0.2) is 50.0 Å². The second kappa shape index (κ2) is 13.0. The molecule has 13 heteroatoms. The molecule has 2 atom stereocenters. The van der Waals surface area contributed by atoms with Crippen LogP contribution in [0.4, 0.5) is 18.9 Å². The van der Waals surface area contributed by atoms with E-state index in [0.717, 1.165) is 24.5 Å². The molecule has 210 valence electrons. The Morgan fingerprint density at radius 3 is 2.24 bits per heavy atom. The number of halogens is 5. The van der Waals surface area contributed by atoms with E-state index in [9.17, 15) is 31.2 Å². The first-order valence-electron chi connectivity index (χ1n) is 11.8. The normalized spacial score (nSPS) is 13.5. The lowest BCUT2D eigenvalue weighted by Crippen LogP contribution is -2.53. The van der Waals surface area contributed by atoms with E-state index < -0.39 is 46.2 Å². The maximum absolute atomic E-state index is 13.6. The standard InChI is InChI=1S/C25H30Cl2F3N3O4S/c1-5-16(3)31-24(35)22(6-2)32(14-17-10-11-19(26)13-21(17)27)23(34)15-33(38(4,36)37)20-9-7-8-18(12-20)25(28,29)30/h7-13,16,22H,5-6,14-15H2,1-4H3,(H,31,35)/t16-,22+/m0/s1. The summed E-state index contributed by atoms with van der Waals surface area (Å²) < 4.78 is 65.7. The third-order valence-electron chi connectivity index (χ3n) is 5.88. The molecule has 2 aromatic carbocycles. The lowest BCUT2D eigenvalue weighted by molar-refractivity contribution is -0.140. The van der Waals surface area contributed by atoms with Crippen LogP contribution in [0.1, 0.15) is 44.7 Å². The fourth-order valence-corrected chi connectivity index (χ4v) is 4.95. The van der Waals surface area contributed by atoms with Crippen molar-refractivity contribution in [3.8, 4) is 0 Å². The van der Waals surface area contributed by atoms with E-state index in [-0.39, 0.29) is 29.7 Å². The van der Waals surface area contributed by atoms with Gasteiger partial charge in [-0.1, -0.05) is 49.2 Å². The number of nitrogens with one attached hydrogen (secondary N) is 1. The number of amides is 2. The molecule has 0 aliphatic heterocycles. The van der Waals surface area contributed by atoms with Gasteiger partial charge in [-0.15, -0.1) is 0 Å². The van der Waals surface area contributed by atoms with Gasteiger partial charge in [0.25, 0.3) is 0 Å². The first-order valence-corrected chi connectivity index (χ1v) is 14.4. The van der Waals surface area contributed by atoms with Crippen molar-refractivity contribution < 1.29 is 31.2 Å². The number of benzene rings is 2. The molecule has 0 saturated carbocycles. The molecule has 2 rings (SSSR count). The van der Waals surface area contributed by atoms with Gasteiger partial charge in [-0.25, -0.2) is 8.42 Å². The molecule has 0 spiro atoms. The predicted octanol–water partition coefficient (Wildman–Crippen LogP) is 5.50. The number of alkyl halides is 3. The van der Waals surface area contributed by atoms with Crippen molar-refractivity contribution in [2.24, 2.45) is 0 Å². The average Bonchev–Trinajstić information content (AvgIpc) is 2.82. The Morgan fingerprint density at radius 1 is 1.05 bits per heavy atom. The Balaban J connectivity index is 2.53. The number of carbonyl (C=O) groups excluding carboxylic acids is 2. The van der Waals surface area contributed by atoms with Crippen LogP contribution in [0.25, 0.3) is 0 Å². The highest BCUT2D eigenvalue weighted by molar-refractivity contribution is 7.92. The van der Waals surface area contributed by atoms with E-state index in [1.54, 1.807) is 26.0 Å². The van der Waals surface area contributed by atoms with Crippen molar-refractivity contribution in [1.82, 2.24) is 10.2 Å². The van der Waals surface area contributed by atoms with Crippen LogP contribution < -0.4 is 9.62 Å². The minimum atomic E-state index is -4.72. The number of carbonyl (C=O) groups is 2. The molecule has 0 aliphatic carbocycles. The maximum atomic E-state index is 13.6. The summed E-state index contributed by atoms with van der Waals surface area (Å²) in [6.45, 7) is 4.36. The molecular formula is C25H30Cl2F3N3O4S. The highest BCUT2D eigenvalue weighted by atomic mass is 35.5. The van der Waals surface area contributed by atoms with Gasteiger partial charge in [0, 0.05) is 22.6 Å². The van der Waals surface area contributed by atoms with Gasteiger partial charge in [-0.05, 0) is 55.7 Å². The third-order valence-corrected chi connectivity index (χ3v) is 7.61. The Labute approximate surface area is 230 Å². The number of nitrogens with zero attached hydrogens (tertiary/aromatic N) is 2. The Kier molecular flexibility index (Phi) is 10.9. The number of hydrogen-bond acceptors (Lipinski definition) is 4. The van der Waals surface area contributed by atoms with Crippen molar-refractivity contribution in [2.45, 2.75) is 58.4 Å². The third kappa shape index (κ3) is 8.51. The first kappa shape index (κ1) is 31.7. The summed E-state index contributed by atoms with van der Waals surface area (Å²) in [5.41, 5.74) is -0.957. The van der Waals surface area contributed by atoms with Gasteiger partial charge in [0.1, 0.15) is 12.6 Å². The van der Waals surface area contributed by atoms with Crippen LogP contribution in [0.3, 0.4) is 0 Å². The SMILES string of the molecule is CC[C@H](C(=O)N[C@@H](C)CC)N(Cc1ccc(Cl)cc1Cl)C(=O)CN(c1cccc(C(F)(F)F)c1)S(C)(=O)=O. The van der Waals surface area contributed by atoms with Gasteiger partial charge in [0.15, 0.2) is 0 Å². The Bertz CT molecular complexity index is 1260. The molecule has 0 aromatic heterocycles. The van der Waals surface area contributed by atoms with Crippen LogP contribution in [0.2, 0.25) is 10.0 Å². The smallest absolute Gasteiger partial charge is 0.352 e. The molecule has 38 heavy (non-hydrogen) atoms. The lowest BCUT2D eigenvalue weighted by Gasteiger charge is -2.33. The van der Waals surface area contributed by atoms with E-state index in [1.165, 1.54) is 11.0 Å². The fraction of sp³-hybridized carbons (Fsp3) is 0.440. The monoisotopic (exact) mass is 595 g/mol. The number of sulfonamides is 1. The van der Waals surface area contributed by atoms with Crippen molar-refractivity contribution in [1.29, 1.82) is 0 Å². The topological polar surface area (TPSA) is 86.8 Å². The quantitative estimate of drug-likeness (QED) is 0.371. The summed E-state index contributed by atoms with van der Waals surface area (Å²) in [5.74, 6) is -1.25. The van der Waals surface area contributed by atoms with Crippen LogP contribution in [0.5, 0.6) is 0 Å². The van der Waals surface area contributed by atoms with Gasteiger partial charge in [0.05, 0.1) is 17.5 Å². The highest BCUT2D eigenvalue weighted by Gasteiger charge is 2.34. The van der Waals surface area contributed by atoms with Crippen LogP contribution in [0, 0.1) is 0 Å². The van der Waals surface area contributed by atoms with Gasteiger partial charge in [-0.2, -0.15) is 13.2 Å². The summed E-state index contributed by atoms with van der Waals surface area (Å²) in [7, 11) is -4.20. The van der Waals surface area contributed by atoms with Gasteiger partial charge in [-0.3, -0.25) is 13.9 Å². The van der Waals surface area contributed by atoms with Crippen molar-refractivity contribution >= 4 is 50.7 Å². The summed E-state index contributed by atoms with van der Waals surface area (Å²) >= 11 is 12.3. The molecule has 0 saturated heterocycles. The fourth-order valence-electron chi connectivity index (χ4n) is 3.65. The minimum Gasteiger partial charge on any atom is -0.352 e. The van der Waals surface area contributed by atoms with E-state index in [4.69, 9.17) is 23.2 Å². The predicted molar refractivity (Wildman–Crippen MR) is 143 cm³/mol. The molecule has 0 fully saturated rings. The van der Waals surface area contributed by atoms with Crippen molar-refractivity contribution in [2.75, 3.05) is 17.1 Å². The molecule has 0 bridgehead atoms. The van der Waals surface area contributed by atoms with E-state index in [1.807, 2.05) is 6.92 Å². The molecule has 0 radical (unpaired) electrons. The number of anilines is 1. The minimum absolute atomic E-state index is 0.165. The largest absolute Gasteiger partial charge is 0.416 e. The summed E-state index contributed by atoms with van der Waals surface area (Å²) in [5, 5.41) is 3.40. The molecular weight excluding hydrogens is 566 g/mol. The van der Waals surface area contributed by atoms with Crippen LogP contribution in [-0.2, 0) is 32.3 Å². The molecule has 0 unspecified atom stereocenters. The molecule has 0 heterocycles. The Morgan fingerprint density at radius 2 is 1.71 bits per heavy atom. The van der Waals surface area contributed by atoms with Crippen LogP contribution >= 0.6 is 23.2 Å². The zero-order valence-electron chi connectivity index (χ0n) is 21.4. The van der Waals surface area contributed by atoms with Gasteiger partial charge >= 0.3 is 6.18 Å². The number of hydrogen-bond donors (Lipinski definition) is 1. The van der Waals surface area contributed by atoms with Crippen molar-refractivity contribution in [3.05, 3.63) is 63.6 Å². The number of rotatable bonds is 11. The molecule has 0 aliphatic rings. The first-order chi connectivity index (χ1) is 17.6. The van der Waals surface area contributed by atoms with E-state index >= 15 is 0 Å². The molecule has 2 aromatic rings. The molecule has 7 nitrogen and oxygen atoms in total. The lowest BCUT2D eigenvalue weighted by atomic mass is 10.1. The maximum Gasteiger partial charge on any atom is 0.416 e. The van der Waals surface area contributed by atoms with E-state index in [0.29, 0.717) is 27.4 Å². The molecule has 2 amide bonds. The summed E-state index contributed by atoms with van der Waals surface area (Å²) in [6.07, 6.45) is -3.12. The second-order valence-corrected chi connectivity index (χ2v) is 11.6. The molecule has 1 N–H and O–H groups in total. The highest BCUT2D eigenvalue weighted by Crippen LogP contribution is 2.32. The van der Waals surface area contributed by atoms with E-state index in [2.05, 4.69) is 5.32 Å². The zero-order chi connectivity index (χ0) is 28.8. The Hall–Kier alpha value is -2.50. The second-order valence-electron chi connectivity index (χ2n) is 8.82. The average molecular weight is 596 g/mol. The summed E-state index contributed by atoms with van der Waals surface area (Å²) in [4.78, 5) is 27.9. The summed E-state index contributed by atoms with van der Waals surface area (Å²) in [6, 6.07) is 7.07. The van der Waals surface area contributed by atoms with Crippen LogP contribution in [0.15, 0.2) is 42.5 Å². The zero-order valence-corrected chi connectivity index (χ0v) is 23.7. The van der Waals surface area contributed by atoms with Crippen molar-refractivity contribution in [3.63, 3.8) is 0 Å². The van der Waals surface area contributed by atoms with Gasteiger partial charge < -0.3 is 10.2 Å². The van der Waals surface area contributed by atoms with Gasteiger partial charge in [0.2, 0.25) is 21.8 Å².